The molecule has 5 nitrogen and oxygen atoms in total. The van der Waals surface area contributed by atoms with Gasteiger partial charge in [0.1, 0.15) is 0 Å². The molecule has 1 aliphatic heterocycles. The molecule has 0 amide bonds. The van der Waals surface area contributed by atoms with Gasteiger partial charge in [-0.15, -0.1) is 0 Å². The fraction of sp³-hybridized carbons (Fsp3) is 0.462. The lowest BCUT2D eigenvalue weighted by atomic mass is 9.99. The summed E-state index contributed by atoms with van der Waals surface area (Å²) in [7, 11) is 0. The molecular weight excluding hydrogens is 279 g/mol. The second kappa shape index (κ2) is 6.13. The van der Waals surface area contributed by atoms with Crippen LogP contribution in [0.1, 0.15) is 12.8 Å². The molecule has 0 saturated carbocycles. The number of ether oxygens (including phenoxy) is 1. The molecule has 0 bridgehead atoms. The minimum Gasteiger partial charge on any atom is -0.470 e. The molecule has 0 N–H and O–H groups in total. The zero-order valence-electron chi connectivity index (χ0n) is 10.9. The highest BCUT2D eigenvalue weighted by atomic mass is 32.1. The van der Waals surface area contributed by atoms with Gasteiger partial charge in [-0.25, -0.2) is 19.3 Å². The number of piperidine rings is 1. The van der Waals surface area contributed by atoms with E-state index >= 15 is 0 Å². The number of halogens is 1. The average molecular weight is 294 g/mol. The standard InChI is InChI=1S/C13H15FN4OS/c14-11-6-16-12(17-7-11)18-4-1-2-10(8-18)9-19-13-15-3-5-20-13/h3,5-7,10H,1-2,4,8-9H2. The Labute approximate surface area is 120 Å². The molecule has 0 aliphatic carbocycles. The van der Waals surface area contributed by atoms with E-state index in [1.54, 1.807) is 6.20 Å². The highest BCUT2D eigenvalue weighted by Gasteiger charge is 2.22. The summed E-state index contributed by atoms with van der Waals surface area (Å²) in [6.07, 6.45) is 6.32. The van der Waals surface area contributed by atoms with Gasteiger partial charge in [0.2, 0.25) is 5.95 Å². The van der Waals surface area contributed by atoms with E-state index in [2.05, 4.69) is 19.9 Å². The minimum atomic E-state index is -0.408. The van der Waals surface area contributed by atoms with Crippen LogP contribution in [0.3, 0.4) is 0 Å². The van der Waals surface area contributed by atoms with E-state index in [-0.39, 0.29) is 0 Å². The molecule has 0 spiro atoms. The number of anilines is 1. The third-order valence-corrected chi connectivity index (χ3v) is 3.94. The zero-order valence-corrected chi connectivity index (χ0v) is 11.7. The molecule has 3 rings (SSSR count). The molecule has 1 aliphatic rings. The van der Waals surface area contributed by atoms with Crippen molar-refractivity contribution in [2.45, 2.75) is 12.8 Å². The number of rotatable bonds is 4. The zero-order chi connectivity index (χ0) is 13.8. The van der Waals surface area contributed by atoms with Crippen LogP contribution in [0.15, 0.2) is 24.0 Å². The molecule has 2 aromatic rings. The van der Waals surface area contributed by atoms with Crippen LogP contribution in [0.4, 0.5) is 10.3 Å². The second-order valence-electron chi connectivity index (χ2n) is 4.76. The van der Waals surface area contributed by atoms with Gasteiger partial charge in [0.05, 0.1) is 19.0 Å². The molecule has 1 atom stereocenters. The van der Waals surface area contributed by atoms with Crippen molar-refractivity contribution in [1.82, 2.24) is 15.0 Å². The van der Waals surface area contributed by atoms with Crippen LogP contribution in [0.2, 0.25) is 0 Å². The van der Waals surface area contributed by atoms with Crippen LogP contribution < -0.4 is 9.64 Å². The van der Waals surface area contributed by atoms with Gasteiger partial charge in [0, 0.05) is 30.6 Å². The molecule has 0 radical (unpaired) electrons. The van der Waals surface area contributed by atoms with Gasteiger partial charge >= 0.3 is 0 Å². The van der Waals surface area contributed by atoms with Crippen molar-refractivity contribution in [2.75, 3.05) is 24.6 Å². The summed E-state index contributed by atoms with van der Waals surface area (Å²) in [5, 5.41) is 2.61. The Morgan fingerprint density at radius 1 is 1.35 bits per heavy atom. The lowest BCUT2D eigenvalue weighted by Gasteiger charge is -2.32. The maximum atomic E-state index is 12.8. The fourth-order valence-electron chi connectivity index (χ4n) is 2.32. The molecule has 106 valence electrons. The highest BCUT2D eigenvalue weighted by molar-refractivity contribution is 7.11. The second-order valence-corrected chi connectivity index (χ2v) is 5.62. The van der Waals surface area contributed by atoms with Crippen LogP contribution in [0, 0.1) is 11.7 Å². The Hall–Kier alpha value is -1.76. The van der Waals surface area contributed by atoms with Gasteiger partial charge in [-0.1, -0.05) is 11.3 Å². The Morgan fingerprint density at radius 3 is 2.95 bits per heavy atom. The first-order chi connectivity index (χ1) is 9.81. The first-order valence-corrected chi connectivity index (χ1v) is 7.44. The molecule has 20 heavy (non-hydrogen) atoms. The largest absolute Gasteiger partial charge is 0.470 e. The SMILES string of the molecule is Fc1cnc(N2CCCC(COc3nccs3)C2)nc1. The van der Waals surface area contributed by atoms with Crippen LogP contribution >= 0.6 is 11.3 Å². The number of hydrogen-bond donors (Lipinski definition) is 0. The summed E-state index contributed by atoms with van der Waals surface area (Å²) in [4.78, 5) is 14.3. The number of hydrogen-bond acceptors (Lipinski definition) is 6. The first-order valence-electron chi connectivity index (χ1n) is 6.56. The number of nitrogens with zero attached hydrogens (tertiary/aromatic N) is 4. The van der Waals surface area contributed by atoms with Gasteiger partial charge in [-0.2, -0.15) is 0 Å². The first kappa shape index (κ1) is 13.2. The Kier molecular flexibility index (Phi) is 4.05. The van der Waals surface area contributed by atoms with Gasteiger partial charge in [0.25, 0.3) is 5.19 Å². The van der Waals surface area contributed by atoms with Crippen molar-refractivity contribution < 1.29 is 9.13 Å². The van der Waals surface area contributed by atoms with Crippen LogP contribution in [0.5, 0.6) is 5.19 Å². The van der Waals surface area contributed by atoms with E-state index in [4.69, 9.17) is 4.74 Å². The summed E-state index contributed by atoms with van der Waals surface area (Å²) in [5.74, 6) is 0.598. The van der Waals surface area contributed by atoms with Crippen molar-refractivity contribution in [2.24, 2.45) is 5.92 Å². The van der Waals surface area contributed by atoms with E-state index in [9.17, 15) is 4.39 Å². The van der Waals surface area contributed by atoms with Gasteiger partial charge in [-0.05, 0) is 12.8 Å². The fourth-order valence-corrected chi connectivity index (χ4v) is 2.82. The predicted molar refractivity (Wildman–Crippen MR) is 74.5 cm³/mol. The molecular formula is C13H15FN4OS. The molecule has 1 saturated heterocycles. The predicted octanol–water partition coefficient (Wildman–Crippen LogP) is 2.37. The van der Waals surface area contributed by atoms with E-state index in [0.29, 0.717) is 23.7 Å². The van der Waals surface area contributed by atoms with Crippen molar-refractivity contribution in [3.63, 3.8) is 0 Å². The summed E-state index contributed by atoms with van der Waals surface area (Å²) >= 11 is 1.50. The Morgan fingerprint density at radius 2 is 2.20 bits per heavy atom. The molecule has 7 heteroatoms. The third kappa shape index (κ3) is 3.22. The minimum absolute atomic E-state index is 0.408. The maximum Gasteiger partial charge on any atom is 0.273 e. The van der Waals surface area contributed by atoms with Crippen LogP contribution in [-0.2, 0) is 0 Å². The van der Waals surface area contributed by atoms with Crippen LogP contribution in [0.25, 0.3) is 0 Å². The Bertz CT molecular complexity index is 534. The average Bonchev–Trinajstić information content (AvgIpc) is 3.00. The molecule has 0 aromatic carbocycles. The normalized spacial score (nSPS) is 19.1. The third-order valence-electron chi connectivity index (χ3n) is 3.26. The summed E-state index contributed by atoms with van der Waals surface area (Å²) in [6.45, 7) is 2.38. The van der Waals surface area contributed by atoms with Crippen molar-refractivity contribution >= 4 is 17.3 Å². The van der Waals surface area contributed by atoms with Crippen molar-refractivity contribution in [1.29, 1.82) is 0 Å². The lowest BCUT2D eigenvalue weighted by molar-refractivity contribution is 0.227. The van der Waals surface area contributed by atoms with Gasteiger partial charge < -0.3 is 9.64 Å². The van der Waals surface area contributed by atoms with Crippen molar-refractivity contribution in [3.8, 4) is 5.19 Å². The van der Waals surface area contributed by atoms with E-state index in [1.807, 2.05) is 5.38 Å². The summed E-state index contributed by atoms with van der Waals surface area (Å²) in [6, 6.07) is 0. The molecule has 3 heterocycles. The number of thiazole rings is 1. The molecule has 2 aromatic heterocycles. The quantitative estimate of drug-likeness (QED) is 0.866. The Balaban J connectivity index is 1.57. The van der Waals surface area contributed by atoms with Gasteiger partial charge in [0.15, 0.2) is 5.82 Å². The van der Waals surface area contributed by atoms with Crippen molar-refractivity contribution in [3.05, 3.63) is 29.8 Å². The highest BCUT2D eigenvalue weighted by Crippen LogP contribution is 2.22. The van der Waals surface area contributed by atoms with Gasteiger partial charge in [-0.3, -0.25) is 0 Å². The monoisotopic (exact) mass is 294 g/mol. The van der Waals surface area contributed by atoms with E-state index < -0.39 is 5.82 Å². The maximum absolute atomic E-state index is 12.8. The summed E-state index contributed by atoms with van der Waals surface area (Å²) < 4.78 is 18.5. The van der Waals surface area contributed by atoms with Crippen LogP contribution in [-0.4, -0.2) is 34.6 Å². The molecule has 1 unspecified atom stereocenters. The smallest absolute Gasteiger partial charge is 0.273 e. The summed E-state index contributed by atoms with van der Waals surface area (Å²) in [5.41, 5.74) is 0. The number of aromatic nitrogens is 3. The van der Waals surface area contributed by atoms with E-state index in [1.165, 1.54) is 23.7 Å². The topological polar surface area (TPSA) is 51.1 Å². The lowest BCUT2D eigenvalue weighted by Crippen LogP contribution is -2.38. The van der Waals surface area contributed by atoms with E-state index in [0.717, 1.165) is 25.9 Å². The molecule has 1 fully saturated rings.